The maximum atomic E-state index is 9.42. The van der Waals surface area contributed by atoms with E-state index < -0.39 is 0 Å². The van der Waals surface area contributed by atoms with Gasteiger partial charge in [-0.2, -0.15) is 5.26 Å². The lowest BCUT2D eigenvalue weighted by Crippen LogP contribution is -1.95. The van der Waals surface area contributed by atoms with Gasteiger partial charge in [-0.1, -0.05) is 36.4 Å². The number of rotatable bonds is 4. The first-order valence-corrected chi connectivity index (χ1v) is 6.95. The largest absolute Gasteiger partial charge is 0.245 e. The van der Waals surface area contributed by atoms with E-state index in [-0.39, 0.29) is 0 Å². The van der Waals surface area contributed by atoms with Crippen molar-refractivity contribution in [3.05, 3.63) is 60.3 Å². The number of pyridine rings is 1. The molecule has 1 aromatic heterocycles. The fourth-order valence-electron chi connectivity index (χ4n) is 1.84. The summed E-state index contributed by atoms with van der Waals surface area (Å²) in [7, 11) is 0. The molecule has 0 amide bonds. The number of thioether (sulfide) groups is 1. The van der Waals surface area contributed by atoms with E-state index in [2.05, 4.69) is 17.6 Å². The third-order valence-electron chi connectivity index (χ3n) is 2.65. The van der Waals surface area contributed by atoms with E-state index in [1.54, 1.807) is 11.8 Å². The molecule has 0 aliphatic rings. The Morgan fingerprint density at radius 2 is 2.11 bits per heavy atom. The summed E-state index contributed by atoms with van der Waals surface area (Å²) in [6.07, 6.45) is 1.82. The number of hydrogen-bond acceptors (Lipinski definition) is 3. The minimum atomic E-state index is 0.642. The van der Waals surface area contributed by atoms with Crippen LogP contribution in [-0.2, 0) is 0 Å². The summed E-state index contributed by atoms with van der Waals surface area (Å²) in [5.41, 5.74) is 3.56. The van der Waals surface area contributed by atoms with Gasteiger partial charge in [0.2, 0.25) is 0 Å². The highest BCUT2D eigenvalue weighted by molar-refractivity contribution is 7.99. The first-order chi connectivity index (χ1) is 9.26. The summed E-state index contributed by atoms with van der Waals surface area (Å²) < 4.78 is 0. The number of hydrogen-bond donors (Lipinski definition) is 0. The Morgan fingerprint density at radius 1 is 1.37 bits per heavy atom. The summed E-state index contributed by atoms with van der Waals surface area (Å²) in [5.74, 6) is 0.749. The fraction of sp³-hybridized carbons (Fsp3) is 0.125. The van der Waals surface area contributed by atoms with Gasteiger partial charge in [0.05, 0.1) is 5.56 Å². The molecule has 0 radical (unpaired) electrons. The molecule has 0 bridgehead atoms. The number of aromatic nitrogens is 1. The van der Waals surface area contributed by atoms with Crippen molar-refractivity contribution in [3.63, 3.8) is 0 Å². The zero-order chi connectivity index (χ0) is 13.7. The van der Waals surface area contributed by atoms with Gasteiger partial charge in [-0.15, -0.1) is 18.3 Å². The molecule has 2 rings (SSSR count). The van der Waals surface area contributed by atoms with Gasteiger partial charge in [-0.05, 0) is 18.6 Å². The van der Waals surface area contributed by atoms with Crippen LogP contribution in [0, 0.1) is 18.3 Å². The van der Waals surface area contributed by atoms with E-state index in [0.717, 1.165) is 27.6 Å². The van der Waals surface area contributed by atoms with Crippen LogP contribution in [0.15, 0.2) is 54.1 Å². The Hall–Kier alpha value is -2.05. The topological polar surface area (TPSA) is 36.7 Å². The smallest absolute Gasteiger partial charge is 0.115 e. The Labute approximate surface area is 117 Å². The van der Waals surface area contributed by atoms with Crippen LogP contribution in [0.25, 0.3) is 11.1 Å². The molecule has 0 spiro atoms. The standard InChI is InChI=1S/C16H14N2S/c1-3-9-19-16-15(11-17)14(10-12(2)18-16)13-7-5-4-6-8-13/h3-8,10H,1,9H2,2H3. The van der Waals surface area contributed by atoms with E-state index in [0.29, 0.717) is 5.56 Å². The molecule has 0 aliphatic heterocycles. The number of aryl methyl sites for hydroxylation is 1. The molecular weight excluding hydrogens is 252 g/mol. The van der Waals surface area contributed by atoms with Crippen LogP contribution in [0.5, 0.6) is 0 Å². The van der Waals surface area contributed by atoms with E-state index >= 15 is 0 Å². The molecule has 1 aromatic carbocycles. The summed E-state index contributed by atoms with van der Waals surface area (Å²) in [6, 6.07) is 14.2. The molecule has 0 aliphatic carbocycles. The van der Waals surface area contributed by atoms with E-state index in [4.69, 9.17) is 0 Å². The maximum absolute atomic E-state index is 9.42. The van der Waals surface area contributed by atoms with Crippen molar-refractivity contribution in [3.8, 4) is 17.2 Å². The van der Waals surface area contributed by atoms with Crippen LogP contribution in [0.4, 0.5) is 0 Å². The van der Waals surface area contributed by atoms with Gasteiger partial charge in [-0.3, -0.25) is 0 Å². The molecule has 19 heavy (non-hydrogen) atoms. The molecule has 0 fully saturated rings. The molecule has 2 aromatic rings. The molecule has 0 N–H and O–H groups in total. The highest BCUT2D eigenvalue weighted by Gasteiger charge is 2.12. The van der Waals surface area contributed by atoms with E-state index in [1.807, 2.05) is 49.4 Å². The highest BCUT2D eigenvalue weighted by Crippen LogP contribution is 2.30. The third-order valence-corrected chi connectivity index (χ3v) is 3.62. The average Bonchev–Trinajstić information content (AvgIpc) is 2.45. The van der Waals surface area contributed by atoms with Crippen molar-refractivity contribution in [2.75, 3.05) is 5.75 Å². The normalized spacial score (nSPS) is 9.89. The second-order valence-corrected chi connectivity index (χ2v) is 5.08. The van der Waals surface area contributed by atoms with Crippen LogP contribution in [0.2, 0.25) is 0 Å². The lowest BCUT2D eigenvalue weighted by atomic mass is 10.0. The minimum Gasteiger partial charge on any atom is -0.245 e. The molecular formula is C16H14N2S. The van der Waals surface area contributed by atoms with Crippen molar-refractivity contribution < 1.29 is 0 Å². The zero-order valence-electron chi connectivity index (χ0n) is 10.8. The summed E-state index contributed by atoms with van der Waals surface area (Å²) in [6.45, 7) is 5.65. The molecule has 0 saturated carbocycles. The number of nitriles is 1. The Bertz CT molecular complexity index is 627. The molecule has 3 heteroatoms. The molecule has 0 atom stereocenters. The predicted octanol–water partition coefficient (Wildman–Crippen LogP) is 4.21. The van der Waals surface area contributed by atoms with Crippen LogP contribution in [0.1, 0.15) is 11.3 Å². The monoisotopic (exact) mass is 266 g/mol. The summed E-state index contributed by atoms with van der Waals surface area (Å²) >= 11 is 1.54. The Balaban J connectivity index is 2.58. The van der Waals surface area contributed by atoms with Gasteiger partial charge in [0.1, 0.15) is 11.1 Å². The molecule has 94 valence electrons. The van der Waals surface area contributed by atoms with Gasteiger partial charge in [0, 0.05) is 17.0 Å². The Kier molecular flexibility index (Phi) is 4.38. The first-order valence-electron chi connectivity index (χ1n) is 5.97. The summed E-state index contributed by atoms with van der Waals surface area (Å²) in [5, 5.41) is 10.2. The van der Waals surface area contributed by atoms with Crippen molar-refractivity contribution in [1.29, 1.82) is 5.26 Å². The third kappa shape index (κ3) is 3.04. The van der Waals surface area contributed by atoms with Gasteiger partial charge in [0.15, 0.2) is 0 Å². The van der Waals surface area contributed by atoms with Crippen molar-refractivity contribution >= 4 is 11.8 Å². The molecule has 0 saturated heterocycles. The maximum Gasteiger partial charge on any atom is 0.115 e. The van der Waals surface area contributed by atoms with Crippen molar-refractivity contribution in [1.82, 2.24) is 4.98 Å². The highest BCUT2D eigenvalue weighted by atomic mass is 32.2. The second-order valence-electron chi connectivity index (χ2n) is 4.07. The van der Waals surface area contributed by atoms with Crippen LogP contribution >= 0.6 is 11.8 Å². The van der Waals surface area contributed by atoms with Crippen LogP contribution < -0.4 is 0 Å². The van der Waals surface area contributed by atoms with Crippen LogP contribution in [0.3, 0.4) is 0 Å². The fourth-order valence-corrected chi connectivity index (χ4v) is 2.62. The lowest BCUT2D eigenvalue weighted by Gasteiger charge is -2.09. The Morgan fingerprint density at radius 3 is 2.74 bits per heavy atom. The van der Waals surface area contributed by atoms with Gasteiger partial charge >= 0.3 is 0 Å². The summed E-state index contributed by atoms with van der Waals surface area (Å²) in [4.78, 5) is 4.46. The van der Waals surface area contributed by atoms with Crippen LogP contribution in [-0.4, -0.2) is 10.7 Å². The van der Waals surface area contributed by atoms with Gasteiger partial charge in [0.25, 0.3) is 0 Å². The average molecular weight is 266 g/mol. The zero-order valence-corrected chi connectivity index (χ0v) is 11.6. The molecule has 2 nitrogen and oxygen atoms in total. The van der Waals surface area contributed by atoms with Gasteiger partial charge in [-0.25, -0.2) is 4.98 Å². The molecule has 0 unspecified atom stereocenters. The van der Waals surface area contributed by atoms with E-state index in [9.17, 15) is 5.26 Å². The van der Waals surface area contributed by atoms with Gasteiger partial charge < -0.3 is 0 Å². The predicted molar refractivity (Wildman–Crippen MR) is 80.0 cm³/mol. The van der Waals surface area contributed by atoms with E-state index in [1.165, 1.54) is 0 Å². The second kappa shape index (κ2) is 6.21. The minimum absolute atomic E-state index is 0.642. The quantitative estimate of drug-likeness (QED) is 0.614. The number of nitrogens with zero attached hydrogens (tertiary/aromatic N) is 2. The first kappa shape index (κ1) is 13.4. The number of benzene rings is 1. The molecule has 1 heterocycles. The van der Waals surface area contributed by atoms with Crippen molar-refractivity contribution in [2.45, 2.75) is 11.9 Å². The van der Waals surface area contributed by atoms with Crippen molar-refractivity contribution in [2.24, 2.45) is 0 Å². The lowest BCUT2D eigenvalue weighted by molar-refractivity contribution is 1.05. The SMILES string of the molecule is C=CCSc1nc(C)cc(-c2ccccc2)c1C#N.